The van der Waals surface area contributed by atoms with E-state index in [1.807, 2.05) is 0 Å². The number of sulfonamides is 1. The summed E-state index contributed by atoms with van der Waals surface area (Å²) in [5, 5.41) is 0. The minimum atomic E-state index is -3.95. The third-order valence-electron chi connectivity index (χ3n) is 2.62. The zero-order valence-electron chi connectivity index (χ0n) is 10.2. The molecule has 6 heteroatoms. The van der Waals surface area contributed by atoms with Crippen LogP contribution in [0.4, 0.5) is 15.8 Å². The van der Waals surface area contributed by atoms with Gasteiger partial charge in [0.05, 0.1) is 5.69 Å². The number of nitrogens with one attached hydrogen (secondary N) is 1. The highest BCUT2D eigenvalue weighted by Gasteiger charge is 2.19. The standard InChI is InChI=1S/C13H13FN2O2S/c1-9-8-10(15)6-7-12(9)16-19(17,18)13-5-3-2-4-11(13)14/h2-8,16H,15H2,1H3. The van der Waals surface area contributed by atoms with Crippen LogP contribution in [-0.4, -0.2) is 8.42 Å². The van der Waals surface area contributed by atoms with E-state index in [1.54, 1.807) is 25.1 Å². The fourth-order valence-electron chi connectivity index (χ4n) is 1.66. The third-order valence-corrected chi connectivity index (χ3v) is 4.02. The molecule has 0 heterocycles. The molecule has 0 bridgehead atoms. The Kier molecular flexibility index (Phi) is 3.44. The maximum atomic E-state index is 13.5. The van der Waals surface area contributed by atoms with E-state index in [2.05, 4.69) is 4.72 Å². The first-order valence-electron chi connectivity index (χ1n) is 5.53. The van der Waals surface area contributed by atoms with Crippen molar-refractivity contribution in [2.75, 3.05) is 10.5 Å². The molecule has 100 valence electrons. The lowest BCUT2D eigenvalue weighted by Gasteiger charge is -2.11. The summed E-state index contributed by atoms with van der Waals surface area (Å²) in [5.41, 5.74) is 7.16. The van der Waals surface area contributed by atoms with Crippen LogP contribution < -0.4 is 10.5 Å². The van der Waals surface area contributed by atoms with Crippen molar-refractivity contribution in [2.45, 2.75) is 11.8 Å². The van der Waals surface area contributed by atoms with Crippen LogP contribution >= 0.6 is 0 Å². The summed E-state index contributed by atoms with van der Waals surface area (Å²) < 4.78 is 40.0. The van der Waals surface area contributed by atoms with Crippen LogP contribution in [0.1, 0.15) is 5.56 Å². The maximum Gasteiger partial charge on any atom is 0.264 e. The SMILES string of the molecule is Cc1cc(N)ccc1NS(=O)(=O)c1ccccc1F. The van der Waals surface area contributed by atoms with Gasteiger partial charge in [-0.25, -0.2) is 12.8 Å². The molecule has 0 radical (unpaired) electrons. The van der Waals surface area contributed by atoms with Gasteiger partial charge >= 0.3 is 0 Å². The second kappa shape index (κ2) is 4.89. The molecule has 0 aliphatic rings. The number of hydrogen-bond donors (Lipinski definition) is 2. The maximum absolute atomic E-state index is 13.5. The average Bonchev–Trinajstić information content (AvgIpc) is 2.33. The molecule has 3 N–H and O–H groups in total. The zero-order valence-corrected chi connectivity index (χ0v) is 11.0. The van der Waals surface area contributed by atoms with E-state index in [4.69, 9.17) is 5.73 Å². The van der Waals surface area contributed by atoms with E-state index < -0.39 is 15.8 Å². The Morgan fingerprint density at radius 2 is 1.84 bits per heavy atom. The van der Waals surface area contributed by atoms with Gasteiger partial charge in [-0.3, -0.25) is 4.72 Å². The van der Waals surface area contributed by atoms with Crippen molar-refractivity contribution in [2.24, 2.45) is 0 Å². The normalized spacial score (nSPS) is 11.3. The van der Waals surface area contributed by atoms with E-state index in [1.165, 1.54) is 18.2 Å². The minimum absolute atomic E-state index is 0.373. The lowest BCUT2D eigenvalue weighted by molar-refractivity contribution is 0.570. The fraction of sp³-hybridized carbons (Fsp3) is 0.0769. The van der Waals surface area contributed by atoms with Gasteiger partial charge in [-0.1, -0.05) is 12.1 Å². The molecular formula is C13H13FN2O2S. The molecule has 0 aromatic heterocycles. The van der Waals surface area contributed by atoms with Crippen molar-refractivity contribution in [3.8, 4) is 0 Å². The predicted molar refractivity (Wildman–Crippen MR) is 72.8 cm³/mol. The number of anilines is 2. The highest BCUT2D eigenvalue weighted by atomic mass is 32.2. The van der Waals surface area contributed by atoms with Crippen LogP contribution in [0.3, 0.4) is 0 Å². The Morgan fingerprint density at radius 1 is 1.16 bits per heavy atom. The van der Waals surface area contributed by atoms with Crippen molar-refractivity contribution in [3.63, 3.8) is 0 Å². The number of nitrogens with two attached hydrogens (primary N) is 1. The van der Waals surface area contributed by atoms with Gasteiger partial charge in [-0.05, 0) is 42.8 Å². The van der Waals surface area contributed by atoms with Crippen molar-refractivity contribution >= 4 is 21.4 Å². The van der Waals surface area contributed by atoms with Crippen LogP contribution in [0.25, 0.3) is 0 Å². The first kappa shape index (κ1) is 13.4. The van der Waals surface area contributed by atoms with E-state index >= 15 is 0 Å². The minimum Gasteiger partial charge on any atom is -0.399 e. The zero-order chi connectivity index (χ0) is 14.0. The second-order valence-electron chi connectivity index (χ2n) is 4.11. The van der Waals surface area contributed by atoms with Crippen molar-refractivity contribution < 1.29 is 12.8 Å². The highest BCUT2D eigenvalue weighted by Crippen LogP contribution is 2.22. The molecule has 0 saturated carbocycles. The second-order valence-corrected chi connectivity index (χ2v) is 5.76. The largest absolute Gasteiger partial charge is 0.399 e. The molecule has 0 atom stereocenters. The Labute approximate surface area is 111 Å². The molecule has 2 rings (SSSR count). The van der Waals surface area contributed by atoms with Gasteiger partial charge < -0.3 is 5.73 Å². The number of nitrogen functional groups attached to an aromatic ring is 1. The number of hydrogen-bond acceptors (Lipinski definition) is 3. The van der Waals surface area contributed by atoms with Crippen LogP contribution in [0.5, 0.6) is 0 Å². The summed E-state index contributed by atoms with van der Waals surface area (Å²) in [6.45, 7) is 1.72. The lowest BCUT2D eigenvalue weighted by atomic mass is 10.2. The van der Waals surface area contributed by atoms with Crippen molar-refractivity contribution in [1.82, 2.24) is 0 Å². The Bertz CT molecular complexity index is 714. The molecule has 0 fully saturated rings. The molecule has 0 amide bonds. The van der Waals surface area contributed by atoms with E-state index in [9.17, 15) is 12.8 Å². The van der Waals surface area contributed by atoms with Gasteiger partial charge in [-0.2, -0.15) is 0 Å². The first-order chi connectivity index (χ1) is 8.90. The van der Waals surface area contributed by atoms with Gasteiger partial charge in [0, 0.05) is 5.69 Å². The topological polar surface area (TPSA) is 72.2 Å². The van der Waals surface area contributed by atoms with E-state index in [0.717, 1.165) is 6.07 Å². The van der Waals surface area contributed by atoms with Gasteiger partial charge in [-0.15, -0.1) is 0 Å². The Hall–Kier alpha value is -2.08. The smallest absolute Gasteiger partial charge is 0.264 e. The number of aryl methyl sites for hydroxylation is 1. The molecule has 2 aromatic rings. The predicted octanol–water partition coefficient (Wildman–Crippen LogP) is 2.52. The summed E-state index contributed by atoms with van der Waals surface area (Å²) in [4.78, 5) is -0.383. The van der Waals surface area contributed by atoms with Gasteiger partial charge in [0.2, 0.25) is 0 Å². The first-order valence-corrected chi connectivity index (χ1v) is 7.02. The van der Waals surface area contributed by atoms with Crippen LogP contribution in [0.2, 0.25) is 0 Å². The molecule has 0 unspecified atom stereocenters. The molecule has 0 aliphatic heterocycles. The molecule has 19 heavy (non-hydrogen) atoms. The molecule has 0 aliphatic carbocycles. The van der Waals surface area contributed by atoms with Gasteiger partial charge in [0.1, 0.15) is 10.7 Å². The fourth-order valence-corrected chi connectivity index (χ4v) is 2.87. The van der Waals surface area contributed by atoms with Gasteiger partial charge in [0.15, 0.2) is 0 Å². The van der Waals surface area contributed by atoms with Crippen LogP contribution in [0, 0.1) is 12.7 Å². The summed E-state index contributed by atoms with van der Waals surface area (Å²) in [6, 6.07) is 9.97. The number of halogens is 1. The molecule has 0 saturated heterocycles. The van der Waals surface area contributed by atoms with Crippen molar-refractivity contribution in [3.05, 3.63) is 53.8 Å². The number of benzene rings is 2. The quantitative estimate of drug-likeness (QED) is 0.848. The molecule has 4 nitrogen and oxygen atoms in total. The monoisotopic (exact) mass is 280 g/mol. The van der Waals surface area contributed by atoms with Gasteiger partial charge in [0.25, 0.3) is 10.0 Å². The highest BCUT2D eigenvalue weighted by molar-refractivity contribution is 7.92. The summed E-state index contributed by atoms with van der Waals surface area (Å²) >= 11 is 0. The van der Waals surface area contributed by atoms with Crippen LogP contribution in [-0.2, 0) is 10.0 Å². The number of rotatable bonds is 3. The van der Waals surface area contributed by atoms with E-state index in [-0.39, 0.29) is 4.90 Å². The summed E-state index contributed by atoms with van der Waals surface area (Å²) in [5.74, 6) is -0.789. The summed E-state index contributed by atoms with van der Waals surface area (Å²) in [6.07, 6.45) is 0. The molecule has 0 spiro atoms. The average molecular weight is 280 g/mol. The Balaban J connectivity index is 2.40. The summed E-state index contributed by atoms with van der Waals surface area (Å²) in [7, 11) is -3.95. The van der Waals surface area contributed by atoms with Crippen LogP contribution in [0.15, 0.2) is 47.4 Å². The molecule has 2 aromatic carbocycles. The van der Waals surface area contributed by atoms with Crippen molar-refractivity contribution in [1.29, 1.82) is 0 Å². The Morgan fingerprint density at radius 3 is 2.47 bits per heavy atom. The lowest BCUT2D eigenvalue weighted by Crippen LogP contribution is -2.15. The van der Waals surface area contributed by atoms with E-state index in [0.29, 0.717) is 16.9 Å². The third kappa shape index (κ3) is 2.85. The molecular weight excluding hydrogens is 267 g/mol.